The Balaban J connectivity index is 1.83. The third-order valence-electron chi connectivity index (χ3n) is 3.84. The van der Waals surface area contributed by atoms with E-state index in [1.807, 2.05) is 35.2 Å². The molecule has 3 rings (SSSR count). The zero-order valence-electron chi connectivity index (χ0n) is 11.7. The highest BCUT2D eigenvalue weighted by Crippen LogP contribution is 2.36. The molecule has 1 amide bonds. The molecule has 21 heavy (non-hydrogen) atoms. The van der Waals surface area contributed by atoms with Crippen LogP contribution in [-0.4, -0.2) is 27.0 Å². The van der Waals surface area contributed by atoms with Gasteiger partial charge in [-0.1, -0.05) is 41.7 Å². The van der Waals surface area contributed by atoms with Crippen LogP contribution in [0.25, 0.3) is 0 Å². The fourth-order valence-electron chi connectivity index (χ4n) is 2.43. The van der Waals surface area contributed by atoms with Crippen molar-refractivity contribution in [2.45, 2.75) is 32.4 Å². The lowest BCUT2D eigenvalue weighted by molar-refractivity contribution is 0.0653. The van der Waals surface area contributed by atoms with E-state index in [-0.39, 0.29) is 11.9 Å². The molecular formula is C15H16ClN3OS. The molecule has 0 aliphatic heterocycles. The van der Waals surface area contributed by atoms with E-state index < -0.39 is 0 Å². The van der Waals surface area contributed by atoms with Gasteiger partial charge in [0.1, 0.15) is 0 Å². The first kappa shape index (κ1) is 14.5. The molecule has 1 aromatic heterocycles. The second-order valence-corrected chi connectivity index (χ2v) is 6.92. The molecule has 1 saturated carbocycles. The summed E-state index contributed by atoms with van der Waals surface area (Å²) in [7, 11) is 0. The molecule has 0 bridgehead atoms. The molecule has 1 aromatic carbocycles. The predicted octanol–water partition coefficient (Wildman–Crippen LogP) is 3.63. The number of halogens is 1. The molecule has 0 radical (unpaired) electrons. The molecule has 1 fully saturated rings. The Morgan fingerprint density at radius 2 is 2.10 bits per heavy atom. The Kier molecular flexibility index (Phi) is 4.22. The monoisotopic (exact) mass is 321 g/mol. The molecule has 0 saturated heterocycles. The maximum atomic E-state index is 12.7. The zero-order chi connectivity index (χ0) is 14.8. The molecule has 1 aliphatic carbocycles. The SMILES string of the molecule is CC(C1CC1)N(Cc1ccccc1)C(=O)c1nnc(Cl)s1. The van der Waals surface area contributed by atoms with E-state index in [1.54, 1.807) is 0 Å². The van der Waals surface area contributed by atoms with Gasteiger partial charge < -0.3 is 4.90 Å². The number of aromatic nitrogens is 2. The fourth-order valence-corrected chi connectivity index (χ4v) is 3.21. The van der Waals surface area contributed by atoms with Crippen molar-refractivity contribution in [1.82, 2.24) is 15.1 Å². The summed E-state index contributed by atoms with van der Waals surface area (Å²) >= 11 is 6.93. The van der Waals surface area contributed by atoms with Crippen molar-refractivity contribution < 1.29 is 4.79 Å². The standard InChI is InChI=1S/C15H16ClN3OS/c1-10(12-7-8-12)19(9-11-5-3-2-4-6-11)14(20)13-17-18-15(16)21-13/h2-6,10,12H,7-9H2,1H3. The summed E-state index contributed by atoms with van der Waals surface area (Å²) in [6, 6.07) is 10.2. The van der Waals surface area contributed by atoms with Crippen LogP contribution in [0.5, 0.6) is 0 Å². The zero-order valence-corrected chi connectivity index (χ0v) is 13.3. The Morgan fingerprint density at radius 3 is 2.67 bits per heavy atom. The van der Waals surface area contributed by atoms with Crippen molar-refractivity contribution in [3.8, 4) is 0 Å². The first-order valence-electron chi connectivity index (χ1n) is 6.99. The minimum atomic E-state index is -0.0809. The van der Waals surface area contributed by atoms with Gasteiger partial charge in [-0.05, 0) is 42.8 Å². The first-order valence-corrected chi connectivity index (χ1v) is 8.18. The van der Waals surface area contributed by atoms with Gasteiger partial charge in [-0.25, -0.2) is 0 Å². The second kappa shape index (κ2) is 6.12. The summed E-state index contributed by atoms with van der Waals surface area (Å²) in [4.78, 5) is 14.6. The summed E-state index contributed by atoms with van der Waals surface area (Å²) in [6.07, 6.45) is 2.38. The van der Waals surface area contributed by atoms with Gasteiger partial charge >= 0.3 is 0 Å². The van der Waals surface area contributed by atoms with Crippen LogP contribution in [0.2, 0.25) is 4.47 Å². The number of rotatable bonds is 5. The van der Waals surface area contributed by atoms with Crippen LogP contribution in [0.4, 0.5) is 0 Å². The average molecular weight is 322 g/mol. The molecule has 1 unspecified atom stereocenters. The Hall–Kier alpha value is -1.46. The topological polar surface area (TPSA) is 46.1 Å². The van der Waals surface area contributed by atoms with Crippen LogP contribution in [0, 0.1) is 5.92 Å². The van der Waals surface area contributed by atoms with Crippen LogP contribution in [0.1, 0.15) is 35.1 Å². The van der Waals surface area contributed by atoms with E-state index >= 15 is 0 Å². The molecule has 0 N–H and O–H groups in total. The number of nitrogens with zero attached hydrogens (tertiary/aromatic N) is 3. The van der Waals surface area contributed by atoms with E-state index in [4.69, 9.17) is 11.6 Å². The molecule has 110 valence electrons. The van der Waals surface area contributed by atoms with Gasteiger partial charge in [0.05, 0.1) is 0 Å². The van der Waals surface area contributed by atoms with Crippen molar-refractivity contribution in [1.29, 1.82) is 0 Å². The first-order chi connectivity index (χ1) is 10.1. The van der Waals surface area contributed by atoms with Gasteiger partial charge in [0.2, 0.25) is 9.47 Å². The summed E-state index contributed by atoms with van der Waals surface area (Å²) in [5.41, 5.74) is 1.12. The Labute approximate surface area is 132 Å². The molecule has 1 heterocycles. The van der Waals surface area contributed by atoms with Crippen molar-refractivity contribution in [2.75, 3.05) is 0 Å². The van der Waals surface area contributed by atoms with Gasteiger partial charge in [-0.2, -0.15) is 0 Å². The van der Waals surface area contributed by atoms with Crippen LogP contribution in [0.3, 0.4) is 0 Å². The maximum Gasteiger partial charge on any atom is 0.285 e. The highest BCUT2D eigenvalue weighted by molar-refractivity contribution is 7.17. The summed E-state index contributed by atoms with van der Waals surface area (Å²) < 4.78 is 0.303. The Morgan fingerprint density at radius 1 is 1.38 bits per heavy atom. The third-order valence-corrected chi connectivity index (χ3v) is 4.84. The number of hydrogen-bond donors (Lipinski definition) is 0. The quantitative estimate of drug-likeness (QED) is 0.844. The molecule has 1 atom stereocenters. The lowest BCUT2D eigenvalue weighted by Crippen LogP contribution is -2.39. The highest BCUT2D eigenvalue weighted by atomic mass is 35.5. The van der Waals surface area contributed by atoms with E-state index in [1.165, 1.54) is 12.8 Å². The van der Waals surface area contributed by atoms with E-state index in [0.717, 1.165) is 16.9 Å². The molecule has 1 aliphatic rings. The smallest absolute Gasteiger partial charge is 0.285 e. The Bertz CT molecular complexity index is 627. The van der Waals surface area contributed by atoms with Gasteiger partial charge in [0.25, 0.3) is 5.91 Å². The van der Waals surface area contributed by atoms with E-state index in [9.17, 15) is 4.79 Å². The van der Waals surface area contributed by atoms with Crippen molar-refractivity contribution >= 4 is 28.8 Å². The number of amides is 1. The summed E-state index contributed by atoms with van der Waals surface area (Å²) in [5.74, 6) is 0.517. The summed E-state index contributed by atoms with van der Waals surface area (Å²) in [5, 5.41) is 7.98. The highest BCUT2D eigenvalue weighted by Gasteiger charge is 2.35. The van der Waals surface area contributed by atoms with Gasteiger partial charge in [-0.15, -0.1) is 10.2 Å². The minimum Gasteiger partial charge on any atom is -0.329 e. The number of benzene rings is 1. The third kappa shape index (κ3) is 3.41. The molecule has 2 aromatic rings. The van der Waals surface area contributed by atoms with Gasteiger partial charge in [0, 0.05) is 12.6 Å². The predicted molar refractivity (Wildman–Crippen MR) is 83.4 cm³/mol. The maximum absolute atomic E-state index is 12.7. The minimum absolute atomic E-state index is 0.0809. The van der Waals surface area contributed by atoms with Crippen molar-refractivity contribution in [2.24, 2.45) is 5.92 Å². The fraction of sp³-hybridized carbons (Fsp3) is 0.400. The molecule has 4 nitrogen and oxygen atoms in total. The average Bonchev–Trinajstić information content (AvgIpc) is 3.26. The molecule has 0 spiro atoms. The largest absolute Gasteiger partial charge is 0.329 e. The van der Waals surface area contributed by atoms with E-state index in [0.29, 0.717) is 21.9 Å². The number of hydrogen-bond acceptors (Lipinski definition) is 4. The van der Waals surface area contributed by atoms with Crippen LogP contribution >= 0.6 is 22.9 Å². The second-order valence-electron chi connectivity index (χ2n) is 5.36. The molecule has 6 heteroatoms. The molecular weight excluding hydrogens is 306 g/mol. The normalized spacial score (nSPS) is 15.7. The van der Waals surface area contributed by atoms with Crippen LogP contribution in [0.15, 0.2) is 30.3 Å². The number of carbonyl (C=O) groups is 1. The van der Waals surface area contributed by atoms with Crippen LogP contribution < -0.4 is 0 Å². The number of carbonyl (C=O) groups excluding carboxylic acids is 1. The summed E-state index contributed by atoms with van der Waals surface area (Å²) in [6.45, 7) is 2.70. The lowest BCUT2D eigenvalue weighted by Gasteiger charge is -2.28. The van der Waals surface area contributed by atoms with Gasteiger partial charge in [0.15, 0.2) is 0 Å². The lowest BCUT2D eigenvalue weighted by atomic mass is 10.1. The van der Waals surface area contributed by atoms with Crippen LogP contribution in [-0.2, 0) is 6.54 Å². The van der Waals surface area contributed by atoms with Crippen molar-refractivity contribution in [3.05, 3.63) is 45.4 Å². The van der Waals surface area contributed by atoms with E-state index in [2.05, 4.69) is 17.1 Å². The van der Waals surface area contributed by atoms with Crippen molar-refractivity contribution in [3.63, 3.8) is 0 Å². The van der Waals surface area contributed by atoms with Gasteiger partial charge in [-0.3, -0.25) is 4.79 Å².